The molecule has 0 aliphatic rings. The summed E-state index contributed by atoms with van der Waals surface area (Å²) in [6, 6.07) is 23.9. The standard InChI is InChI=1S/C25H24O5/c1-28-17-18-29-23-14-12-22(13-15-23)25(30-27)21-10-7-19(8-11-21)9-16-24(26)20-5-3-2-4-6-20/h2-16,25,27H,17-18H2,1H3/b16-9+. The van der Waals surface area contributed by atoms with Crippen LogP contribution in [0.3, 0.4) is 0 Å². The molecule has 154 valence electrons. The molecule has 0 saturated carbocycles. The number of hydrogen-bond donors (Lipinski definition) is 1. The van der Waals surface area contributed by atoms with E-state index >= 15 is 0 Å². The number of carbonyl (C=O) groups is 1. The molecule has 0 bridgehead atoms. The molecule has 0 fully saturated rings. The fourth-order valence-electron chi connectivity index (χ4n) is 2.95. The van der Waals surface area contributed by atoms with Crippen molar-refractivity contribution in [3.05, 3.63) is 107 Å². The van der Waals surface area contributed by atoms with Crippen LogP contribution >= 0.6 is 0 Å². The van der Waals surface area contributed by atoms with Crippen molar-refractivity contribution in [3.63, 3.8) is 0 Å². The average molecular weight is 404 g/mol. The van der Waals surface area contributed by atoms with Gasteiger partial charge in [0.15, 0.2) is 5.78 Å². The first kappa shape index (κ1) is 21.5. The highest BCUT2D eigenvalue weighted by Gasteiger charge is 2.15. The summed E-state index contributed by atoms with van der Waals surface area (Å²) in [4.78, 5) is 16.9. The number of rotatable bonds is 10. The first-order valence-corrected chi connectivity index (χ1v) is 9.60. The fraction of sp³-hybridized carbons (Fsp3) is 0.160. The highest BCUT2D eigenvalue weighted by atomic mass is 17.1. The lowest BCUT2D eigenvalue weighted by atomic mass is 10.00. The smallest absolute Gasteiger partial charge is 0.185 e. The van der Waals surface area contributed by atoms with Crippen molar-refractivity contribution in [1.82, 2.24) is 0 Å². The third kappa shape index (κ3) is 5.87. The SMILES string of the molecule is COCCOc1ccc(C(OO)c2ccc(/C=C/C(=O)c3ccccc3)cc2)cc1. The van der Waals surface area contributed by atoms with Gasteiger partial charge in [0.25, 0.3) is 0 Å². The van der Waals surface area contributed by atoms with E-state index in [4.69, 9.17) is 14.4 Å². The minimum atomic E-state index is -0.623. The number of benzene rings is 3. The highest BCUT2D eigenvalue weighted by Crippen LogP contribution is 2.27. The number of allylic oxidation sites excluding steroid dienone is 1. The Labute approximate surface area is 176 Å². The maximum absolute atomic E-state index is 12.2. The zero-order valence-electron chi connectivity index (χ0n) is 16.7. The molecule has 0 aromatic heterocycles. The average Bonchev–Trinajstić information content (AvgIpc) is 2.80. The quantitative estimate of drug-likeness (QED) is 0.166. The van der Waals surface area contributed by atoms with Crippen LogP contribution in [-0.4, -0.2) is 31.4 Å². The van der Waals surface area contributed by atoms with Gasteiger partial charge in [-0.2, -0.15) is 0 Å². The molecule has 3 rings (SSSR count). The van der Waals surface area contributed by atoms with Gasteiger partial charge in [0.1, 0.15) is 18.5 Å². The second-order valence-corrected chi connectivity index (χ2v) is 6.63. The van der Waals surface area contributed by atoms with Gasteiger partial charge in [-0.1, -0.05) is 72.8 Å². The lowest BCUT2D eigenvalue weighted by Gasteiger charge is -2.15. The van der Waals surface area contributed by atoms with Crippen LogP contribution in [-0.2, 0) is 9.62 Å². The molecular formula is C25H24O5. The fourth-order valence-corrected chi connectivity index (χ4v) is 2.95. The van der Waals surface area contributed by atoms with Crippen LogP contribution in [0.4, 0.5) is 0 Å². The summed E-state index contributed by atoms with van der Waals surface area (Å²) in [5.41, 5.74) is 3.10. The number of ketones is 1. The summed E-state index contributed by atoms with van der Waals surface area (Å²) in [5, 5.41) is 9.44. The number of carbonyl (C=O) groups excluding carboxylic acids is 1. The van der Waals surface area contributed by atoms with Gasteiger partial charge < -0.3 is 9.47 Å². The second-order valence-electron chi connectivity index (χ2n) is 6.63. The van der Waals surface area contributed by atoms with Gasteiger partial charge in [-0.05, 0) is 34.9 Å². The van der Waals surface area contributed by atoms with Crippen LogP contribution in [0.25, 0.3) is 6.08 Å². The summed E-state index contributed by atoms with van der Waals surface area (Å²) in [6.07, 6.45) is 2.69. The van der Waals surface area contributed by atoms with Gasteiger partial charge in [-0.15, -0.1) is 0 Å². The van der Waals surface area contributed by atoms with Gasteiger partial charge in [-0.25, -0.2) is 4.89 Å². The van der Waals surface area contributed by atoms with Crippen molar-refractivity contribution in [1.29, 1.82) is 0 Å². The monoisotopic (exact) mass is 404 g/mol. The minimum Gasteiger partial charge on any atom is -0.491 e. The molecule has 3 aromatic carbocycles. The van der Waals surface area contributed by atoms with E-state index in [2.05, 4.69) is 0 Å². The van der Waals surface area contributed by atoms with Crippen LogP contribution in [0.15, 0.2) is 84.9 Å². The van der Waals surface area contributed by atoms with Crippen molar-refractivity contribution in [2.45, 2.75) is 6.10 Å². The molecule has 1 unspecified atom stereocenters. The van der Waals surface area contributed by atoms with Crippen molar-refractivity contribution >= 4 is 11.9 Å². The van der Waals surface area contributed by atoms with E-state index in [0.29, 0.717) is 18.8 Å². The van der Waals surface area contributed by atoms with E-state index in [9.17, 15) is 10.1 Å². The van der Waals surface area contributed by atoms with E-state index in [1.807, 2.05) is 66.7 Å². The second kappa shape index (κ2) is 11.1. The Morgan fingerprint density at radius 2 is 1.53 bits per heavy atom. The molecule has 1 atom stereocenters. The lowest BCUT2D eigenvalue weighted by molar-refractivity contribution is -0.270. The summed E-state index contributed by atoms with van der Waals surface area (Å²) < 4.78 is 10.5. The summed E-state index contributed by atoms with van der Waals surface area (Å²) in [6.45, 7) is 0.986. The molecule has 0 saturated heterocycles. The van der Waals surface area contributed by atoms with Crippen molar-refractivity contribution in [3.8, 4) is 5.75 Å². The molecule has 5 nitrogen and oxygen atoms in total. The Kier molecular flexibility index (Phi) is 7.92. The topological polar surface area (TPSA) is 65.0 Å². The predicted octanol–water partition coefficient (Wildman–Crippen LogP) is 5.19. The molecule has 1 N–H and O–H groups in total. The zero-order chi connectivity index (χ0) is 21.2. The van der Waals surface area contributed by atoms with Gasteiger partial charge in [0.2, 0.25) is 0 Å². The van der Waals surface area contributed by atoms with Crippen LogP contribution in [0.2, 0.25) is 0 Å². The van der Waals surface area contributed by atoms with Crippen LogP contribution in [0, 0.1) is 0 Å². The number of methoxy groups -OCH3 is 1. The van der Waals surface area contributed by atoms with E-state index < -0.39 is 6.10 Å². The summed E-state index contributed by atoms with van der Waals surface area (Å²) in [7, 11) is 1.62. The molecule has 0 radical (unpaired) electrons. The Morgan fingerprint density at radius 3 is 2.13 bits per heavy atom. The Morgan fingerprint density at radius 1 is 0.900 bits per heavy atom. The van der Waals surface area contributed by atoms with Crippen LogP contribution < -0.4 is 4.74 Å². The van der Waals surface area contributed by atoms with Gasteiger partial charge in [0.05, 0.1) is 6.61 Å². The van der Waals surface area contributed by atoms with Crippen LogP contribution in [0.1, 0.15) is 33.2 Å². The lowest BCUT2D eigenvalue weighted by Crippen LogP contribution is -2.06. The van der Waals surface area contributed by atoms with Gasteiger partial charge >= 0.3 is 0 Å². The molecule has 0 heterocycles. The van der Waals surface area contributed by atoms with Crippen molar-refractivity contribution < 1.29 is 24.4 Å². The molecule has 0 aliphatic heterocycles. The molecule has 0 spiro atoms. The molecular weight excluding hydrogens is 380 g/mol. The van der Waals surface area contributed by atoms with E-state index in [1.54, 1.807) is 31.4 Å². The van der Waals surface area contributed by atoms with Crippen molar-refractivity contribution in [2.24, 2.45) is 0 Å². The molecule has 3 aromatic rings. The molecule has 5 heteroatoms. The van der Waals surface area contributed by atoms with Crippen molar-refractivity contribution in [2.75, 3.05) is 20.3 Å². The zero-order valence-corrected chi connectivity index (χ0v) is 16.7. The molecule has 30 heavy (non-hydrogen) atoms. The number of ether oxygens (including phenoxy) is 2. The number of hydrogen-bond acceptors (Lipinski definition) is 5. The van der Waals surface area contributed by atoms with E-state index in [-0.39, 0.29) is 5.78 Å². The third-order valence-corrected chi connectivity index (χ3v) is 4.57. The summed E-state index contributed by atoms with van der Waals surface area (Å²) >= 11 is 0. The minimum absolute atomic E-state index is 0.0518. The van der Waals surface area contributed by atoms with E-state index in [0.717, 1.165) is 22.4 Å². The maximum atomic E-state index is 12.2. The van der Waals surface area contributed by atoms with Gasteiger partial charge in [-0.3, -0.25) is 10.1 Å². The first-order valence-electron chi connectivity index (χ1n) is 9.60. The first-order chi connectivity index (χ1) is 14.7. The third-order valence-electron chi connectivity index (χ3n) is 4.57. The van der Waals surface area contributed by atoms with Crippen LogP contribution in [0.5, 0.6) is 5.75 Å². The Balaban J connectivity index is 1.66. The Hall–Kier alpha value is -3.25. The predicted molar refractivity (Wildman–Crippen MR) is 116 cm³/mol. The Bertz CT molecular complexity index is 947. The largest absolute Gasteiger partial charge is 0.491 e. The highest BCUT2D eigenvalue weighted by molar-refractivity contribution is 6.06. The van der Waals surface area contributed by atoms with Gasteiger partial charge in [0, 0.05) is 12.7 Å². The normalized spacial score (nSPS) is 12.1. The molecule has 0 aliphatic carbocycles. The van der Waals surface area contributed by atoms with E-state index in [1.165, 1.54) is 0 Å². The summed E-state index contributed by atoms with van der Waals surface area (Å²) in [5.74, 6) is 0.667. The maximum Gasteiger partial charge on any atom is 0.185 e. The molecule has 0 amide bonds.